The van der Waals surface area contributed by atoms with Gasteiger partial charge in [0.2, 0.25) is 0 Å². The molecule has 2 heterocycles. The van der Waals surface area contributed by atoms with Gasteiger partial charge in [-0.15, -0.1) is 0 Å². The molecule has 0 unspecified atom stereocenters. The number of aliphatic hydroxyl groups is 2. The monoisotopic (exact) mass is 533 g/mol. The van der Waals surface area contributed by atoms with Crippen LogP contribution in [0, 0.1) is 0 Å². The largest absolute Gasteiger partial charge is 0.426 e. The average Bonchev–Trinajstić information content (AvgIpc) is 3.37. The second-order valence-corrected chi connectivity index (χ2v) is 8.72. The number of para-hydroxylation sites is 2. The van der Waals surface area contributed by atoms with Gasteiger partial charge < -0.3 is 24.6 Å². The lowest BCUT2D eigenvalue weighted by molar-refractivity contribution is -0.0955. The van der Waals surface area contributed by atoms with E-state index in [9.17, 15) is 15.0 Å². The number of rotatable bonds is 11. The number of hydrogen-bond donors (Lipinski definition) is 2. The lowest BCUT2D eigenvalue weighted by Gasteiger charge is -2.23. The number of nitrogens with zero attached hydrogens (tertiary/aromatic N) is 7. The number of ether oxygens (including phenoxy) is 2. The highest BCUT2D eigenvalue weighted by Gasteiger charge is 2.25. The summed E-state index contributed by atoms with van der Waals surface area (Å²) in [5, 5.41) is 19.6. The predicted octanol–water partition coefficient (Wildman–Crippen LogP) is 3.66. The van der Waals surface area contributed by atoms with E-state index in [4.69, 9.17) is 9.47 Å². The molecule has 12 heteroatoms. The van der Waals surface area contributed by atoms with Crippen molar-refractivity contribution in [2.24, 2.45) is 4.99 Å². The molecule has 2 N–H and O–H groups in total. The Morgan fingerprint density at radius 3 is 2.21 bits per heavy atom. The number of amides is 1. The average molecular weight is 534 g/mol. The van der Waals surface area contributed by atoms with Crippen molar-refractivity contribution >= 4 is 40.8 Å². The van der Waals surface area contributed by atoms with Gasteiger partial charge in [-0.1, -0.05) is 43.3 Å². The molecule has 0 saturated heterocycles. The number of anilines is 2. The summed E-state index contributed by atoms with van der Waals surface area (Å²) in [4.78, 5) is 34.2. The van der Waals surface area contributed by atoms with Gasteiger partial charge in [0, 0.05) is 14.1 Å². The second-order valence-electron chi connectivity index (χ2n) is 8.72. The molecule has 2 aromatic heterocycles. The molecule has 39 heavy (non-hydrogen) atoms. The van der Waals surface area contributed by atoms with Crippen LogP contribution in [0.1, 0.15) is 19.6 Å². The molecular formula is C27H31N7O5. The van der Waals surface area contributed by atoms with Gasteiger partial charge in [0.1, 0.15) is 0 Å². The summed E-state index contributed by atoms with van der Waals surface area (Å²) < 4.78 is 13.1. The van der Waals surface area contributed by atoms with E-state index in [2.05, 4.69) is 19.9 Å². The standard InChI is InChI=1S/C27H31N7O5/c1-4-21(15-35)38-22(16-36)33-18-28-23-24(29-17-32(2)3)30-26(31-25(23)33)39-27(37)34(19-11-7-5-8-12-19)20-13-9-6-10-14-20/h5-14,17-18,21-22,35-36H,4,15-16H2,1-3H3/t21-,22-/m1/s1. The fourth-order valence-corrected chi connectivity index (χ4v) is 3.72. The number of carbonyl (C=O) groups excluding carboxylic acids is 1. The van der Waals surface area contributed by atoms with Crippen molar-refractivity contribution in [2.75, 3.05) is 32.2 Å². The number of aromatic nitrogens is 4. The van der Waals surface area contributed by atoms with E-state index in [-0.39, 0.29) is 24.1 Å². The minimum Gasteiger partial charge on any atom is -0.394 e. The summed E-state index contributed by atoms with van der Waals surface area (Å²) in [7, 11) is 3.60. The van der Waals surface area contributed by atoms with Crippen LogP contribution in [0.4, 0.5) is 22.0 Å². The third-order valence-electron chi connectivity index (χ3n) is 5.66. The maximum absolute atomic E-state index is 13.5. The Hall–Kier alpha value is -4.39. The fraction of sp³-hybridized carbons (Fsp3) is 0.296. The number of aliphatic hydroxyl groups excluding tert-OH is 2. The second kappa shape index (κ2) is 12.9. The highest BCUT2D eigenvalue weighted by Crippen LogP contribution is 2.29. The number of carbonyl (C=O) groups is 1. The van der Waals surface area contributed by atoms with Gasteiger partial charge in [-0.3, -0.25) is 4.57 Å². The molecule has 0 aliphatic rings. The third kappa shape index (κ3) is 6.55. The van der Waals surface area contributed by atoms with Crippen molar-refractivity contribution < 1.29 is 24.5 Å². The highest BCUT2D eigenvalue weighted by atomic mass is 16.6. The lowest BCUT2D eigenvalue weighted by Crippen LogP contribution is -2.29. The van der Waals surface area contributed by atoms with E-state index in [1.807, 2.05) is 43.3 Å². The first-order valence-electron chi connectivity index (χ1n) is 12.4. The fourth-order valence-electron chi connectivity index (χ4n) is 3.72. The molecule has 2 atom stereocenters. The van der Waals surface area contributed by atoms with Crippen molar-refractivity contribution in [3.05, 3.63) is 67.0 Å². The molecule has 0 aliphatic heterocycles. The first-order valence-corrected chi connectivity index (χ1v) is 12.4. The van der Waals surface area contributed by atoms with Crippen LogP contribution in [-0.4, -0.2) is 80.5 Å². The molecule has 12 nitrogen and oxygen atoms in total. The number of hydrogen-bond acceptors (Lipinski definition) is 9. The molecule has 0 aliphatic carbocycles. The van der Waals surface area contributed by atoms with Gasteiger partial charge in [0.25, 0.3) is 0 Å². The van der Waals surface area contributed by atoms with Crippen molar-refractivity contribution in [1.82, 2.24) is 24.4 Å². The van der Waals surface area contributed by atoms with E-state index >= 15 is 0 Å². The van der Waals surface area contributed by atoms with Gasteiger partial charge in [-0.25, -0.2) is 19.7 Å². The number of fused-ring (bicyclic) bond motifs is 1. The number of imidazole rings is 1. The van der Waals surface area contributed by atoms with Crippen LogP contribution in [0.5, 0.6) is 6.01 Å². The van der Waals surface area contributed by atoms with Crippen LogP contribution in [0.2, 0.25) is 0 Å². The van der Waals surface area contributed by atoms with Gasteiger partial charge in [0.15, 0.2) is 23.2 Å². The third-order valence-corrected chi connectivity index (χ3v) is 5.66. The summed E-state index contributed by atoms with van der Waals surface area (Å²) in [5.74, 6) is 0.159. The van der Waals surface area contributed by atoms with E-state index in [1.165, 1.54) is 22.1 Å². The first kappa shape index (κ1) is 27.6. The highest BCUT2D eigenvalue weighted by molar-refractivity contribution is 5.97. The SMILES string of the molecule is CC[C@H](CO)O[C@H](CO)n1cnc2c(N=CN(C)C)nc(OC(=O)N(c3ccccc3)c3ccccc3)nc21. The molecule has 4 rings (SSSR count). The van der Waals surface area contributed by atoms with Crippen molar-refractivity contribution in [3.8, 4) is 6.01 Å². The predicted molar refractivity (Wildman–Crippen MR) is 147 cm³/mol. The maximum Gasteiger partial charge on any atom is 0.426 e. The zero-order chi connectivity index (χ0) is 27.8. The molecule has 2 aromatic carbocycles. The Morgan fingerprint density at radius 1 is 1.03 bits per heavy atom. The van der Waals surface area contributed by atoms with E-state index in [0.717, 1.165) is 0 Å². The van der Waals surface area contributed by atoms with Gasteiger partial charge in [0.05, 0.1) is 43.4 Å². The van der Waals surface area contributed by atoms with Gasteiger partial charge in [-0.05, 0) is 30.7 Å². The zero-order valence-electron chi connectivity index (χ0n) is 22.0. The van der Waals surface area contributed by atoms with Crippen LogP contribution in [0.15, 0.2) is 72.0 Å². The zero-order valence-corrected chi connectivity index (χ0v) is 22.0. The summed E-state index contributed by atoms with van der Waals surface area (Å²) in [6.07, 6.45) is 1.36. The van der Waals surface area contributed by atoms with E-state index < -0.39 is 25.0 Å². The summed E-state index contributed by atoms with van der Waals surface area (Å²) >= 11 is 0. The maximum atomic E-state index is 13.5. The molecule has 0 radical (unpaired) electrons. The minimum absolute atomic E-state index is 0.159. The number of aliphatic imine (C=N–C) groups is 1. The van der Waals surface area contributed by atoms with E-state index in [1.54, 1.807) is 43.3 Å². The topological polar surface area (TPSA) is 138 Å². The molecular weight excluding hydrogens is 502 g/mol. The molecule has 0 fully saturated rings. The normalized spacial score (nSPS) is 12.9. The molecule has 1 amide bonds. The molecule has 4 aromatic rings. The first-order chi connectivity index (χ1) is 18.9. The summed E-state index contributed by atoms with van der Waals surface area (Å²) in [6.45, 7) is 1.23. The van der Waals surface area contributed by atoms with Gasteiger partial charge in [-0.2, -0.15) is 9.97 Å². The number of benzene rings is 2. The Kier molecular flexibility index (Phi) is 9.15. The van der Waals surface area contributed by atoms with Gasteiger partial charge >= 0.3 is 12.1 Å². The molecule has 0 bridgehead atoms. The minimum atomic E-state index is -0.902. The lowest BCUT2D eigenvalue weighted by atomic mass is 10.2. The van der Waals surface area contributed by atoms with Crippen LogP contribution < -0.4 is 9.64 Å². The quantitative estimate of drug-likeness (QED) is 0.218. The van der Waals surface area contributed by atoms with Crippen molar-refractivity contribution in [3.63, 3.8) is 0 Å². The molecule has 204 valence electrons. The van der Waals surface area contributed by atoms with Crippen LogP contribution in [0.25, 0.3) is 11.2 Å². The van der Waals surface area contributed by atoms with Crippen molar-refractivity contribution in [2.45, 2.75) is 25.7 Å². The van der Waals surface area contributed by atoms with E-state index in [0.29, 0.717) is 23.3 Å². The Labute approximate surface area is 225 Å². The summed E-state index contributed by atoms with van der Waals surface area (Å²) in [6, 6.07) is 17.9. The molecule has 0 saturated carbocycles. The Morgan fingerprint density at radius 2 is 1.67 bits per heavy atom. The molecule has 0 spiro atoms. The smallest absolute Gasteiger partial charge is 0.394 e. The Balaban J connectivity index is 1.76. The summed E-state index contributed by atoms with van der Waals surface area (Å²) in [5.41, 5.74) is 1.73. The van der Waals surface area contributed by atoms with Crippen LogP contribution >= 0.6 is 0 Å². The van der Waals surface area contributed by atoms with Crippen LogP contribution in [-0.2, 0) is 4.74 Å². The van der Waals surface area contributed by atoms with Crippen LogP contribution in [0.3, 0.4) is 0 Å². The Bertz CT molecular complexity index is 1350. The van der Waals surface area contributed by atoms with Crippen molar-refractivity contribution in [1.29, 1.82) is 0 Å².